The Kier molecular flexibility index (Phi) is 89.4. The zero-order valence-electron chi connectivity index (χ0n) is 41.1. The van der Waals surface area contributed by atoms with Gasteiger partial charge in [-0.2, -0.15) is 0 Å². The van der Waals surface area contributed by atoms with E-state index >= 15 is 0 Å². The summed E-state index contributed by atoms with van der Waals surface area (Å²) in [5.74, 6) is 0. The first-order valence-corrected chi connectivity index (χ1v) is 164. The van der Waals surface area contributed by atoms with E-state index in [-0.39, 0.29) is 245 Å². The van der Waals surface area contributed by atoms with Crippen LogP contribution in [0.3, 0.4) is 0 Å². The summed E-state index contributed by atoms with van der Waals surface area (Å²) in [6.07, 6.45) is 0. The molecule has 0 aliphatic rings. The van der Waals surface area contributed by atoms with Gasteiger partial charge < -0.3 is 0 Å². The normalized spacial score (nSPS) is 15.7. The molecule has 0 rings (SSSR count). The van der Waals surface area contributed by atoms with Crippen LogP contribution in [0.2, 0.25) is 0 Å². The summed E-state index contributed by atoms with van der Waals surface area (Å²) in [5, 5.41) is 0. The van der Waals surface area contributed by atoms with Gasteiger partial charge in [-0.25, -0.2) is 0 Å². The molecular weight excluding hydrogens is 2480 g/mol. The Morgan fingerprint density at radius 3 is 0.225 bits per heavy atom. The van der Waals surface area contributed by atoms with Gasteiger partial charge in [0.25, 0.3) is 0 Å². The fourth-order valence-electron chi connectivity index (χ4n) is 4.83. The summed E-state index contributed by atoms with van der Waals surface area (Å²) < 4.78 is 0. The fraction of sp³-hybridized carbons (Fsp3) is 0. The van der Waals surface area contributed by atoms with Crippen LogP contribution in [-0.4, -0.2) is 0 Å². The molecule has 0 aliphatic heterocycles. The second kappa shape index (κ2) is 62.5. The maximum atomic E-state index is 3.83. The molecule has 0 bridgehead atoms. The predicted octanol–water partition coefficient (Wildman–Crippen LogP) is 46.9. The Hall–Kier alpha value is 34.4. The SMILES string of the molecule is PP(P)P(P)P(P(P)P)P(P(P(P)P)P(P)P)P(P(P(P(P(P)P)P(P)P)P(P(P)P)P(P)P)P(P(P(P)P)P(P)P)P(P(P)P)P(P)P)P(P(P(P(P)P)P(P)P)P(P(P)P)P(P)P)P(P(P(P)P)P(P)P)P(P(P)P)P(P)P. The molecule has 80 heteroatoms. The van der Waals surface area contributed by atoms with Crippen molar-refractivity contribution in [1.29, 1.82) is 0 Å². The Bertz CT molecular complexity index is 1240. The molecule has 0 radical (unpaired) electrons. The summed E-state index contributed by atoms with van der Waals surface area (Å²) in [6.45, 7) is -13.6. The molecule has 0 spiro atoms. The van der Waals surface area contributed by atoms with Crippen LogP contribution in [0.25, 0.3) is 0 Å². The third-order valence-corrected chi connectivity index (χ3v) is 572. The summed E-state index contributed by atoms with van der Waals surface area (Å²) in [7, 11) is 151. The van der Waals surface area contributed by atoms with Gasteiger partial charge in [0.1, 0.15) is 0 Å². The zero-order valence-corrected chi connectivity index (χ0v) is 123. The Morgan fingerprint density at radius 2 is 0.150 bits per heavy atom. The first-order valence-electron chi connectivity index (χ1n) is 18.2. The summed E-state index contributed by atoms with van der Waals surface area (Å²) in [5.41, 5.74) is 0. The molecule has 0 aromatic heterocycles. The van der Waals surface area contributed by atoms with Crippen molar-refractivity contribution in [3.05, 3.63) is 0 Å². The predicted molar refractivity (Wildman–Crippen MR) is 668 cm³/mol. The van der Waals surface area contributed by atoms with Crippen LogP contribution >= 0.6 is 639 Å². The molecule has 0 saturated carbocycles. The first kappa shape index (κ1) is 114. The van der Waals surface area contributed by atoms with E-state index in [1.165, 1.54) is 0 Å². The van der Waals surface area contributed by atoms with E-state index in [9.17, 15) is 0 Å². The van der Waals surface area contributed by atoms with Gasteiger partial charge in [-0.1, -0.05) is 0 Å². The van der Waals surface area contributed by atoms with Crippen molar-refractivity contribution < 1.29 is 0 Å². The molecule has 0 aromatic carbocycles. The van der Waals surface area contributed by atoms with Crippen molar-refractivity contribution in [2.45, 2.75) is 0 Å². The number of rotatable bonds is 38. The lowest BCUT2D eigenvalue weighted by molar-refractivity contribution is 4.31. The average Bonchev–Trinajstić information content (AvgIpc) is 3.23. The van der Waals surface area contributed by atoms with Crippen molar-refractivity contribution in [1.82, 2.24) is 0 Å². The van der Waals surface area contributed by atoms with Crippen molar-refractivity contribution in [2.24, 2.45) is 0 Å². The average molecular weight is 2560 g/mol. The molecule has 0 nitrogen and oxygen atoms in total. The van der Waals surface area contributed by atoms with Gasteiger partial charge in [0.15, 0.2) is 0 Å². The molecule has 0 aromatic rings. The second-order valence-corrected chi connectivity index (χ2v) is 344. The molecule has 44 atom stereocenters. The molecule has 0 heterocycles. The second-order valence-electron chi connectivity index (χ2n) is 12.8. The van der Waals surface area contributed by atoms with E-state index in [1.54, 1.807) is 0 Å². The van der Waals surface area contributed by atoms with Gasteiger partial charge in [0.2, 0.25) is 0 Å². The lowest BCUT2D eigenvalue weighted by Gasteiger charge is -2.62. The van der Waals surface area contributed by atoms with E-state index in [0.717, 1.165) is 0 Å². The minimum Gasteiger partial charge on any atom is -0.102 e. The van der Waals surface area contributed by atoms with E-state index < -0.39 is 27.9 Å². The van der Waals surface area contributed by atoms with E-state index in [4.69, 9.17) is 0 Å². The largest absolute Gasteiger partial charge is 0.102 e. The van der Waals surface area contributed by atoms with Crippen LogP contribution in [0.4, 0.5) is 0 Å². The van der Waals surface area contributed by atoms with Gasteiger partial charge >= 0.3 is 0 Å². The lowest BCUT2D eigenvalue weighted by Crippen LogP contribution is -1.75. The molecule has 0 amide bonds. The highest BCUT2D eigenvalue weighted by atomic mass is 33.6. The quantitative estimate of drug-likeness (QED) is 0.0541. The van der Waals surface area contributed by atoms with Crippen molar-refractivity contribution in [3.8, 4) is 0 Å². The first-order chi connectivity index (χ1) is 36.3. The zero-order chi connectivity index (χ0) is 63.5. The molecule has 0 fully saturated rings. The highest BCUT2D eigenvalue weighted by Crippen LogP contribution is 3.52. The molecule has 0 N–H and O–H groups in total. The van der Waals surface area contributed by atoms with Gasteiger partial charge in [-0.05, 0) is 273 Å². The lowest BCUT2D eigenvalue weighted by atomic mass is 28.4. The fourth-order valence-corrected chi connectivity index (χ4v) is 1170. The highest BCUT2D eigenvalue weighted by molar-refractivity contribution is 9.58. The molecule has 0 saturated heterocycles. The minimum atomic E-state index is -0.468. The molecule has 482 valence electrons. The number of hydrogen-bond donors (Lipinski definition) is 0. The van der Waals surface area contributed by atoms with Crippen LogP contribution in [0.5, 0.6) is 0 Å². The summed E-state index contributed by atoms with van der Waals surface area (Å²) in [4.78, 5) is 0. The van der Waals surface area contributed by atoms with Crippen molar-refractivity contribution in [3.63, 3.8) is 0 Å². The maximum absolute atomic E-state index is 3.83. The molecule has 44 unspecified atom stereocenters. The van der Waals surface area contributed by atoms with Gasteiger partial charge in [0, 0.05) is 0 Å². The van der Waals surface area contributed by atoms with Crippen LogP contribution in [0.15, 0.2) is 0 Å². The van der Waals surface area contributed by atoms with Gasteiger partial charge in [0.05, 0.1) is 0 Å². The summed E-state index contributed by atoms with van der Waals surface area (Å²) >= 11 is 0. The van der Waals surface area contributed by atoms with Crippen molar-refractivity contribution in [2.75, 3.05) is 0 Å². The van der Waals surface area contributed by atoms with Crippen LogP contribution in [0.1, 0.15) is 0 Å². The Labute approximate surface area is 628 Å². The smallest absolute Gasteiger partial charge is 0.00000483 e. The van der Waals surface area contributed by atoms with E-state index in [1.807, 2.05) is 0 Å². The highest BCUT2D eigenvalue weighted by Gasteiger charge is 2.65. The van der Waals surface area contributed by atoms with Crippen LogP contribution in [0, 0.1) is 0 Å². The third-order valence-electron chi connectivity index (χ3n) is 7.06. The molecular formula is H82P80. The van der Waals surface area contributed by atoms with E-state index in [2.05, 4.69) is 366 Å². The molecule has 0 aliphatic carbocycles. The third kappa shape index (κ3) is 40.1. The monoisotopic (exact) mass is 2560 g/mol. The maximum Gasteiger partial charge on any atom is -0.00000483 e. The van der Waals surface area contributed by atoms with Gasteiger partial charge in [-0.3, -0.25) is 0 Å². The summed E-state index contributed by atoms with van der Waals surface area (Å²) in [6, 6.07) is 0. The van der Waals surface area contributed by atoms with Gasteiger partial charge in [-0.15, -0.1) is 366 Å². The van der Waals surface area contributed by atoms with Crippen molar-refractivity contribution >= 4 is 639 Å². The Balaban J connectivity index is 12.7. The minimum absolute atomic E-state index is 0.302. The van der Waals surface area contributed by atoms with Crippen LogP contribution in [-0.2, 0) is 0 Å². The standard InChI is InChI=1S/H82P80/c1-42(2)62(41)72(61(39)40)77(71(59(35)36)60(37)38)80(78(73(63(43(3)4)44(5)6)64(45(7)8)46(9)10)74(65(47(11)12)48(13)14)66(49(15)16)50(17)18)79(75(67(51(19)20)52(21)22)68(53(23)24)54(25)26)76(69(55(27)28)56(29)30)70(57(31)32)58(33)34/h1-41H2. The van der Waals surface area contributed by atoms with E-state index in [0.29, 0.717) is 0 Å². The Morgan fingerprint density at radius 1 is 0.0750 bits per heavy atom. The molecule has 80 heavy (non-hydrogen) atoms. The van der Waals surface area contributed by atoms with Crippen LogP contribution < -0.4 is 0 Å². The number of hydrogen-bond acceptors (Lipinski definition) is 0. The topological polar surface area (TPSA) is 0 Å².